The molecular formula is C9H11Cl2NO. The maximum absolute atomic E-state index is 4.18. The fraction of sp³-hybridized carbons (Fsp3) is 0. The molecule has 1 aromatic carbocycles. The molecule has 0 spiro atoms. The van der Waals surface area contributed by atoms with Crippen LogP contribution in [0.25, 0.3) is 10.9 Å². The topological polar surface area (TPSA) is 44.4 Å². The van der Waals surface area contributed by atoms with Crippen molar-refractivity contribution in [3.63, 3.8) is 0 Å². The molecule has 0 amide bonds. The first-order valence-electron chi connectivity index (χ1n) is 3.26. The molecule has 1 aromatic heterocycles. The molecule has 0 unspecified atom stereocenters. The minimum Gasteiger partial charge on any atom is -0.412 e. The molecule has 1 heterocycles. The van der Waals surface area contributed by atoms with Crippen LogP contribution in [0.3, 0.4) is 0 Å². The lowest BCUT2D eigenvalue weighted by atomic mass is 10.2. The zero-order valence-electron chi connectivity index (χ0n) is 6.81. The molecule has 0 atom stereocenters. The van der Waals surface area contributed by atoms with E-state index in [0.717, 1.165) is 5.52 Å². The van der Waals surface area contributed by atoms with Crippen LogP contribution in [0.1, 0.15) is 0 Å². The SMILES string of the molecule is Cl.Cl.O.c1ccc2ncccc2c1. The number of halogens is 2. The van der Waals surface area contributed by atoms with Gasteiger partial charge in [-0.25, -0.2) is 0 Å². The van der Waals surface area contributed by atoms with E-state index in [1.807, 2.05) is 30.5 Å². The van der Waals surface area contributed by atoms with Gasteiger partial charge in [-0.05, 0) is 12.1 Å². The Morgan fingerprint density at radius 3 is 2.15 bits per heavy atom. The Labute approximate surface area is 89.1 Å². The van der Waals surface area contributed by atoms with Crippen LogP contribution in [0.2, 0.25) is 0 Å². The van der Waals surface area contributed by atoms with Crippen molar-refractivity contribution in [2.45, 2.75) is 0 Å². The van der Waals surface area contributed by atoms with Gasteiger partial charge in [0.1, 0.15) is 0 Å². The van der Waals surface area contributed by atoms with E-state index in [4.69, 9.17) is 0 Å². The summed E-state index contributed by atoms with van der Waals surface area (Å²) in [6, 6.07) is 12.1. The molecule has 4 heteroatoms. The number of benzene rings is 1. The van der Waals surface area contributed by atoms with Crippen molar-refractivity contribution < 1.29 is 5.48 Å². The first-order chi connectivity index (χ1) is 4.97. The van der Waals surface area contributed by atoms with Gasteiger partial charge in [0.05, 0.1) is 5.52 Å². The van der Waals surface area contributed by atoms with Crippen LogP contribution in [-0.2, 0) is 0 Å². The molecule has 0 bridgehead atoms. The highest BCUT2D eigenvalue weighted by Gasteiger charge is 1.86. The van der Waals surface area contributed by atoms with Gasteiger partial charge >= 0.3 is 0 Å². The molecule has 13 heavy (non-hydrogen) atoms. The summed E-state index contributed by atoms with van der Waals surface area (Å²) in [7, 11) is 0. The molecule has 0 fully saturated rings. The Bertz CT molecular complexity index is 289. The van der Waals surface area contributed by atoms with E-state index in [1.54, 1.807) is 0 Å². The number of hydrogen-bond acceptors (Lipinski definition) is 1. The van der Waals surface area contributed by atoms with Gasteiger partial charge in [0, 0.05) is 11.6 Å². The predicted molar refractivity (Wildman–Crippen MR) is 59.9 cm³/mol. The fourth-order valence-corrected chi connectivity index (χ4v) is 1.02. The minimum absolute atomic E-state index is 0. The number of pyridine rings is 1. The highest BCUT2D eigenvalue weighted by Crippen LogP contribution is 2.07. The quantitative estimate of drug-likeness (QED) is 0.671. The first kappa shape index (κ1) is 14.7. The van der Waals surface area contributed by atoms with Gasteiger partial charge in [-0.15, -0.1) is 24.8 Å². The van der Waals surface area contributed by atoms with Crippen molar-refractivity contribution in [3.8, 4) is 0 Å². The standard InChI is InChI=1S/C9H7N.2ClH.H2O/c1-2-6-9-8(4-1)5-3-7-10-9;;;/h1-7H;2*1H;1H2. The highest BCUT2D eigenvalue weighted by atomic mass is 35.5. The van der Waals surface area contributed by atoms with Crippen molar-refractivity contribution in [2.24, 2.45) is 0 Å². The number of aromatic nitrogens is 1. The second-order valence-corrected chi connectivity index (χ2v) is 2.20. The van der Waals surface area contributed by atoms with Crippen LogP contribution in [0.15, 0.2) is 42.6 Å². The average Bonchev–Trinajstić information content (AvgIpc) is 2.05. The van der Waals surface area contributed by atoms with Crippen molar-refractivity contribution in [1.29, 1.82) is 0 Å². The third kappa shape index (κ3) is 3.19. The monoisotopic (exact) mass is 219 g/mol. The van der Waals surface area contributed by atoms with Crippen molar-refractivity contribution >= 4 is 35.7 Å². The van der Waals surface area contributed by atoms with Gasteiger partial charge in [0.25, 0.3) is 0 Å². The number of nitrogens with zero attached hydrogens (tertiary/aromatic N) is 1. The number of hydrogen-bond donors (Lipinski definition) is 0. The van der Waals surface area contributed by atoms with Crippen LogP contribution >= 0.6 is 24.8 Å². The second kappa shape index (κ2) is 6.66. The Morgan fingerprint density at radius 2 is 1.46 bits per heavy atom. The summed E-state index contributed by atoms with van der Waals surface area (Å²) in [5.41, 5.74) is 1.06. The molecule has 2 aromatic rings. The third-order valence-electron chi connectivity index (χ3n) is 1.51. The summed E-state index contributed by atoms with van der Waals surface area (Å²) in [6.45, 7) is 0. The van der Waals surface area contributed by atoms with E-state index in [1.165, 1.54) is 5.39 Å². The molecule has 0 aliphatic carbocycles. The van der Waals surface area contributed by atoms with E-state index in [0.29, 0.717) is 0 Å². The van der Waals surface area contributed by atoms with Crippen LogP contribution in [0.4, 0.5) is 0 Å². The molecule has 2 rings (SSSR count). The molecule has 0 aliphatic heterocycles. The zero-order valence-corrected chi connectivity index (χ0v) is 8.44. The van der Waals surface area contributed by atoms with E-state index in [9.17, 15) is 0 Å². The third-order valence-corrected chi connectivity index (χ3v) is 1.51. The van der Waals surface area contributed by atoms with Gasteiger partial charge in [0.15, 0.2) is 0 Å². The van der Waals surface area contributed by atoms with Crippen molar-refractivity contribution in [2.75, 3.05) is 0 Å². The number of fused-ring (bicyclic) bond motifs is 1. The van der Waals surface area contributed by atoms with Crippen LogP contribution in [0, 0.1) is 0 Å². The lowest BCUT2D eigenvalue weighted by molar-refractivity contribution is 0.824. The van der Waals surface area contributed by atoms with Crippen LogP contribution in [-0.4, -0.2) is 10.5 Å². The van der Waals surface area contributed by atoms with Gasteiger partial charge in [-0.1, -0.05) is 24.3 Å². The van der Waals surface area contributed by atoms with E-state index in [-0.39, 0.29) is 30.3 Å². The minimum atomic E-state index is 0. The number of para-hydroxylation sites is 1. The Kier molecular flexibility index (Phi) is 7.52. The van der Waals surface area contributed by atoms with Crippen molar-refractivity contribution in [1.82, 2.24) is 4.98 Å². The molecule has 0 radical (unpaired) electrons. The Morgan fingerprint density at radius 1 is 0.846 bits per heavy atom. The van der Waals surface area contributed by atoms with Crippen LogP contribution in [0.5, 0.6) is 0 Å². The Balaban J connectivity index is 0. The summed E-state index contributed by atoms with van der Waals surface area (Å²) in [5.74, 6) is 0. The largest absolute Gasteiger partial charge is 0.412 e. The van der Waals surface area contributed by atoms with Gasteiger partial charge in [-0.2, -0.15) is 0 Å². The maximum Gasteiger partial charge on any atom is 0.0701 e. The fourth-order valence-electron chi connectivity index (χ4n) is 1.02. The van der Waals surface area contributed by atoms with Crippen LogP contribution < -0.4 is 0 Å². The lowest BCUT2D eigenvalue weighted by Gasteiger charge is -1.91. The molecule has 0 saturated carbocycles. The predicted octanol–water partition coefficient (Wildman–Crippen LogP) is 2.25. The van der Waals surface area contributed by atoms with Crippen molar-refractivity contribution in [3.05, 3.63) is 42.6 Å². The highest BCUT2D eigenvalue weighted by molar-refractivity contribution is 5.85. The van der Waals surface area contributed by atoms with E-state index < -0.39 is 0 Å². The summed E-state index contributed by atoms with van der Waals surface area (Å²) in [4.78, 5) is 4.18. The van der Waals surface area contributed by atoms with Gasteiger partial charge in [0.2, 0.25) is 0 Å². The van der Waals surface area contributed by atoms with Gasteiger partial charge in [-0.3, -0.25) is 4.98 Å². The Hall–Kier alpha value is -0.830. The second-order valence-electron chi connectivity index (χ2n) is 2.20. The summed E-state index contributed by atoms with van der Waals surface area (Å²) < 4.78 is 0. The lowest BCUT2D eigenvalue weighted by Crippen LogP contribution is -1.73. The molecule has 0 aliphatic rings. The van der Waals surface area contributed by atoms with E-state index >= 15 is 0 Å². The molecule has 0 saturated heterocycles. The number of rotatable bonds is 0. The van der Waals surface area contributed by atoms with Gasteiger partial charge < -0.3 is 5.48 Å². The molecule has 2 N–H and O–H groups in total. The molecule has 72 valence electrons. The maximum atomic E-state index is 4.18. The molecule has 2 nitrogen and oxygen atoms in total. The molecular weight excluding hydrogens is 209 g/mol. The summed E-state index contributed by atoms with van der Waals surface area (Å²) in [5, 5.41) is 1.20. The summed E-state index contributed by atoms with van der Waals surface area (Å²) >= 11 is 0. The van der Waals surface area contributed by atoms with E-state index in [2.05, 4.69) is 17.1 Å². The average molecular weight is 220 g/mol. The zero-order chi connectivity index (χ0) is 6.81. The normalized spacial score (nSPS) is 7.69. The smallest absolute Gasteiger partial charge is 0.0701 e. The first-order valence-corrected chi connectivity index (χ1v) is 3.26. The summed E-state index contributed by atoms with van der Waals surface area (Å²) in [6.07, 6.45) is 1.81.